The van der Waals surface area contributed by atoms with Crippen LogP contribution < -0.4 is 10.6 Å². The van der Waals surface area contributed by atoms with Gasteiger partial charge in [0.2, 0.25) is 0 Å². The van der Waals surface area contributed by atoms with Gasteiger partial charge in [0, 0.05) is 12.6 Å². The van der Waals surface area contributed by atoms with E-state index in [1.165, 1.54) is 0 Å². The van der Waals surface area contributed by atoms with Gasteiger partial charge in [-0.05, 0) is 32.0 Å². The van der Waals surface area contributed by atoms with Crippen LogP contribution in [0.2, 0.25) is 0 Å². The van der Waals surface area contributed by atoms with Gasteiger partial charge in [-0.3, -0.25) is 0 Å². The summed E-state index contributed by atoms with van der Waals surface area (Å²) in [4.78, 5) is 25.4. The Balaban J connectivity index is 1.88. The van der Waals surface area contributed by atoms with E-state index in [0.29, 0.717) is 18.2 Å². The molecule has 6 heteroatoms. The zero-order valence-electron chi connectivity index (χ0n) is 12.1. The van der Waals surface area contributed by atoms with Crippen molar-refractivity contribution in [3.63, 3.8) is 0 Å². The molecule has 1 aromatic rings. The fourth-order valence-electron chi connectivity index (χ4n) is 2.56. The van der Waals surface area contributed by atoms with Crippen LogP contribution in [0.5, 0.6) is 0 Å². The van der Waals surface area contributed by atoms with Crippen molar-refractivity contribution in [3.8, 4) is 0 Å². The number of rotatable bonds is 5. The molecule has 2 atom stereocenters. The highest BCUT2D eigenvalue weighted by Crippen LogP contribution is 2.14. The number of nitrogens with zero attached hydrogens (tertiary/aromatic N) is 1. The molecular formula is C15H21N3O3. The van der Waals surface area contributed by atoms with Crippen molar-refractivity contribution in [1.82, 2.24) is 15.5 Å². The Kier molecular flexibility index (Phi) is 5.16. The van der Waals surface area contributed by atoms with Crippen molar-refractivity contribution >= 4 is 12.0 Å². The molecule has 21 heavy (non-hydrogen) atoms. The molecule has 2 amide bonds. The Morgan fingerprint density at radius 3 is 2.67 bits per heavy atom. The van der Waals surface area contributed by atoms with Crippen LogP contribution in [-0.2, 0) is 4.79 Å². The van der Waals surface area contributed by atoms with Gasteiger partial charge >= 0.3 is 12.0 Å². The van der Waals surface area contributed by atoms with E-state index in [1.54, 1.807) is 30.3 Å². The number of carbonyl (C=O) groups is 2. The number of urea groups is 1. The van der Waals surface area contributed by atoms with E-state index < -0.39 is 18.0 Å². The summed E-state index contributed by atoms with van der Waals surface area (Å²) in [6.07, 6.45) is 2.18. The predicted octanol–water partition coefficient (Wildman–Crippen LogP) is 1.21. The van der Waals surface area contributed by atoms with E-state index in [0.717, 1.165) is 19.4 Å². The van der Waals surface area contributed by atoms with Crippen molar-refractivity contribution in [1.29, 1.82) is 0 Å². The smallest absolute Gasteiger partial charge is 0.330 e. The third kappa shape index (κ3) is 4.19. The maximum atomic E-state index is 11.9. The first-order chi connectivity index (χ1) is 10.1. The highest BCUT2D eigenvalue weighted by molar-refractivity contribution is 5.83. The highest BCUT2D eigenvalue weighted by atomic mass is 16.4. The van der Waals surface area contributed by atoms with E-state index >= 15 is 0 Å². The van der Waals surface area contributed by atoms with Crippen molar-refractivity contribution < 1.29 is 14.7 Å². The second-order valence-corrected chi connectivity index (χ2v) is 5.31. The number of carboxylic acids is 1. The Morgan fingerprint density at radius 2 is 2.10 bits per heavy atom. The molecule has 0 aliphatic carbocycles. The van der Waals surface area contributed by atoms with Gasteiger partial charge in [-0.25, -0.2) is 9.59 Å². The number of nitrogens with one attached hydrogen (secondary N) is 2. The monoisotopic (exact) mass is 291 g/mol. The lowest BCUT2D eigenvalue weighted by Crippen LogP contribution is -2.45. The van der Waals surface area contributed by atoms with Crippen molar-refractivity contribution in [2.24, 2.45) is 0 Å². The topological polar surface area (TPSA) is 81.7 Å². The number of hydrogen-bond donors (Lipinski definition) is 3. The van der Waals surface area contributed by atoms with Crippen molar-refractivity contribution in [2.45, 2.75) is 24.9 Å². The summed E-state index contributed by atoms with van der Waals surface area (Å²) in [6.45, 7) is 1.57. The van der Waals surface area contributed by atoms with Gasteiger partial charge in [0.1, 0.15) is 0 Å². The minimum absolute atomic E-state index is 0.329. The van der Waals surface area contributed by atoms with E-state index in [-0.39, 0.29) is 0 Å². The molecule has 1 aliphatic rings. The van der Waals surface area contributed by atoms with Crippen LogP contribution in [0.25, 0.3) is 0 Å². The Hall–Kier alpha value is -2.08. The molecule has 1 fully saturated rings. The standard InChI is InChI=1S/C15H21N3O3/c1-18-9-5-8-12(18)10-16-15(21)17-13(14(19)20)11-6-3-2-4-7-11/h2-4,6-7,12-13H,5,8-10H2,1H3,(H,19,20)(H2,16,17,21)/t12?,13-/m0/s1. The molecule has 1 unspecified atom stereocenters. The Labute approximate surface area is 124 Å². The SMILES string of the molecule is CN1CCCC1CNC(=O)N[C@H](C(=O)O)c1ccccc1. The Bertz CT molecular complexity index is 492. The number of carbonyl (C=O) groups excluding carboxylic acids is 1. The summed E-state index contributed by atoms with van der Waals surface area (Å²) in [6, 6.07) is 7.51. The van der Waals surface area contributed by atoms with Gasteiger partial charge < -0.3 is 20.6 Å². The zero-order chi connectivity index (χ0) is 15.2. The molecule has 1 aromatic carbocycles. The molecule has 114 valence electrons. The third-order valence-corrected chi connectivity index (χ3v) is 3.83. The van der Waals surface area contributed by atoms with Crippen LogP contribution >= 0.6 is 0 Å². The first-order valence-electron chi connectivity index (χ1n) is 7.10. The van der Waals surface area contributed by atoms with Crippen LogP contribution in [0.3, 0.4) is 0 Å². The zero-order valence-corrected chi connectivity index (χ0v) is 12.1. The average Bonchev–Trinajstić information content (AvgIpc) is 2.88. The fraction of sp³-hybridized carbons (Fsp3) is 0.467. The van der Waals surface area contributed by atoms with Gasteiger partial charge in [0.05, 0.1) is 0 Å². The maximum absolute atomic E-state index is 11.9. The largest absolute Gasteiger partial charge is 0.479 e. The van der Waals surface area contributed by atoms with Gasteiger partial charge in [0.15, 0.2) is 6.04 Å². The fourth-order valence-corrected chi connectivity index (χ4v) is 2.56. The number of carboxylic acid groups (broad SMARTS) is 1. The lowest BCUT2D eigenvalue weighted by molar-refractivity contribution is -0.139. The molecule has 0 saturated carbocycles. The molecular weight excluding hydrogens is 270 g/mol. The summed E-state index contributed by atoms with van der Waals surface area (Å²) in [5.41, 5.74) is 0.554. The second-order valence-electron chi connectivity index (χ2n) is 5.31. The summed E-state index contributed by atoms with van der Waals surface area (Å²) >= 11 is 0. The number of likely N-dealkylation sites (tertiary alicyclic amines) is 1. The summed E-state index contributed by atoms with van der Waals surface area (Å²) in [7, 11) is 2.03. The van der Waals surface area contributed by atoms with Gasteiger partial charge in [-0.1, -0.05) is 30.3 Å². The van der Waals surface area contributed by atoms with Gasteiger partial charge in [-0.2, -0.15) is 0 Å². The van der Waals surface area contributed by atoms with Crippen LogP contribution in [0.4, 0.5) is 4.79 Å². The van der Waals surface area contributed by atoms with E-state index in [1.807, 2.05) is 7.05 Å². The quantitative estimate of drug-likeness (QED) is 0.761. The minimum Gasteiger partial charge on any atom is -0.479 e. The molecule has 1 heterocycles. The first-order valence-corrected chi connectivity index (χ1v) is 7.10. The van der Waals surface area contributed by atoms with Crippen LogP contribution in [0, 0.1) is 0 Å². The van der Waals surface area contributed by atoms with E-state index in [9.17, 15) is 14.7 Å². The molecule has 0 spiro atoms. The number of amides is 2. The molecule has 0 radical (unpaired) electrons. The van der Waals surface area contributed by atoms with Crippen LogP contribution in [-0.4, -0.2) is 48.2 Å². The van der Waals surface area contributed by atoms with E-state index in [2.05, 4.69) is 15.5 Å². The van der Waals surface area contributed by atoms with Gasteiger partial charge in [-0.15, -0.1) is 0 Å². The predicted molar refractivity (Wildman–Crippen MR) is 79.0 cm³/mol. The van der Waals surface area contributed by atoms with Crippen molar-refractivity contribution in [3.05, 3.63) is 35.9 Å². The Morgan fingerprint density at radius 1 is 1.38 bits per heavy atom. The molecule has 6 nitrogen and oxygen atoms in total. The molecule has 0 bridgehead atoms. The van der Waals surface area contributed by atoms with Crippen LogP contribution in [0.1, 0.15) is 24.4 Å². The van der Waals surface area contributed by atoms with Crippen LogP contribution in [0.15, 0.2) is 30.3 Å². The third-order valence-electron chi connectivity index (χ3n) is 3.83. The molecule has 0 aromatic heterocycles. The summed E-state index contributed by atoms with van der Waals surface area (Å²) in [5.74, 6) is -1.07. The second kappa shape index (κ2) is 7.08. The first kappa shape index (κ1) is 15.3. The number of likely N-dealkylation sites (N-methyl/N-ethyl adjacent to an activating group) is 1. The lowest BCUT2D eigenvalue weighted by Gasteiger charge is -2.21. The average molecular weight is 291 g/mol. The number of hydrogen-bond acceptors (Lipinski definition) is 3. The highest BCUT2D eigenvalue weighted by Gasteiger charge is 2.24. The summed E-state index contributed by atoms with van der Waals surface area (Å²) < 4.78 is 0. The maximum Gasteiger partial charge on any atom is 0.330 e. The minimum atomic E-state index is -1.07. The van der Waals surface area contributed by atoms with Crippen molar-refractivity contribution in [2.75, 3.05) is 20.1 Å². The van der Waals surface area contributed by atoms with E-state index in [4.69, 9.17) is 0 Å². The number of aliphatic carboxylic acids is 1. The molecule has 3 N–H and O–H groups in total. The molecule has 1 aliphatic heterocycles. The summed E-state index contributed by atoms with van der Waals surface area (Å²) in [5, 5.41) is 14.5. The molecule has 1 saturated heterocycles. The normalized spacial score (nSPS) is 20.0. The van der Waals surface area contributed by atoms with Gasteiger partial charge in [0.25, 0.3) is 0 Å². The lowest BCUT2D eigenvalue weighted by atomic mass is 10.1. The number of benzene rings is 1. The molecule has 2 rings (SSSR count).